The summed E-state index contributed by atoms with van der Waals surface area (Å²) < 4.78 is 0. The second-order valence-corrected chi connectivity index (χ2v) is 2.95. The average molecular weight is 170 g/mol. The van der Waals surface area contributed by atoms with Crippen LogP contribution in [0.2, 0.25) is 0 Å². The van der Waals surface area contributed by atoms with Crippen LogP contribution in [0.1, 0.15) is 6.92 Å². The summed E-state index contributed by atoms with van der Waals surface area (Å²) in [5, 5.41) is 27.3. The zero-order valence-electron chi connectivity index (χ0n) is 6.56. The number of hydrogen-bond donors (Lipinski definition) is 3. The minimum Gasteiger partial charge on any atom is -0.511 e. The maximum Gasteiger partial charge on any atom is 0.317 e. The van der Waals surface area contributed by atoms with Crippen LogP contribution in [-0.2, 0) is 4.79 Å². The summed E-state index contributed by atoms with van der Waals surface area (Å²) in [4.78, 5) is 10.6. The third-order valence-electron chi connectivity index (χ3n) is 1.83. The fourth-order valence-corrected chi connectivity index (χ4v) is 1.21. The molecule has 66 valence electrons. The van der Waals surface area contributed by atoms with Crippen LogP contribution in [0.3, 0.4) is 0 Å². The third-order valence-corrected chi connectivity index (χ3v) is 1.83. The first kappa shape index (κ1) is 8.80. The van der Waals surface area contributed by atoms with E-state index >= 15 is 0 Å². The van der Waals surface area contributed by atoms with Crippen LogP contribution in [0.5, 0.6) is 0 Å². The Balaban J connectivity index is 3.03. The Morgan fingerprint density at radius 2 is 2.25 bits per heavy atom. The lowest BCUT2D eigenvalue weighted by Crippen LogP contribution is -2.40. The molecule has 1 aliphatic rings. The van der Waals surface area contributed by atoms with E-state index < -0.39 is 17.5 Å². The number of carbonyl (C=O) groups is 1. The Kier molecular flexibility index (Phi) is 1.94. The molecule has 0 amide bonds. The van der Waals surface area contributed by atoms with Crippen molar-refractivity contribution in [1.82, 2.24) is 0 Å². The molecule has 0 saturated carbocycles. The predicted octanol–water partition coefficient (Wildman–Crippen LogP) is 0.450. The fraction of sp³-hybridized carbons (Fsp3) is 0.375. The van der Waals surface area contributed by atoms with E-state index in [-0.39, 0.29) is 5.76 Å². The van der Waals surface area contributed by atoms with Gasteiger partial charge in [0.05, 0.1) is 0 Å². The van der Waals surface area contributed by atoms with Crippen LogP contribution in [0.25, 0.3) is 0 Å². The molecular formula is C8H10O4. The minimum atomic E-state index is -1.51. The van der Waals surface area contributed by atoms with Crippen molar-refractivity contribution in [3.8, 4) is 0 Å². The molecule has 0 aliphatic heterocycles. The molecule has 0 spiro atoms. The smallest absolute Gasteiger partial charge is 0.317 e. The lowest BCUT2D eigenvalue weighted by Gasteiger charge is -2.28. The number of hydrogen-bond acceptors (Lipinski definition) is 3. The number of aliphatic hydroxyl groups is 2. The first-order valence-corrected chi connectivity index (χ1v) is 3.48. The van der Waals surface area contributed by atoms with Gasteiger partial charge in [-0.05, 0) is 13.0 Å². The molecule has 1 aliphatic carbocycles. The van der Waals surface area contributed by atoms with E-state index in [0.29, 0.717) is 0 Å². The molecule has 0 saturated heterocycles. The normalized spacial score (nSPS) is 34.5. The Morgan fingerprint density at radius 1 is 1.67 bits per heavy atom. The highest BCUT2D eigenvalue weighted by Crippen LogP contribution is 2.28. The molecular weight excluding hydrogens is 160 g/mol. The van der Waals surface area contributed by atoms with Gasteiger partial charge in [-0.2, -0.15) is 0 Å². The van der Waals surface area contributed by atoms with Gasteiger partial charge in [-0.3, -0.25) is 4.79 Å². The Morgan fingerprint density at radius 3 is 2.58 bits per heavy atom. The van der Waals surface area contributed by atoms with Crippen LogP contribution in [0, 0.1) is 5.92 Å². The maximum atomic E-state index is 10.6. The van der Waals surface area contributed by atoms with E-state index in [0.717, 1.165) is 0 Å². The second-order valence-electron chi connectivity index (χ2n) is 2.95. The van der Waals surface area contributed by atoms with Crippen molar-refractivity contribution in [3.63, 3.8) is 0 Å². The van der Waals surface area contributed by atoms with Crippen molar-refractivity contribution in [1.29, 1.82) is 0 Å². The zero-order chi connectivity index (χ0) is 9.35. The molecule has 0 aromatic carbocycles. The van der Waals surface area contributed by atoms with E-state index in [1.54, 1.807) is 0 Å². The summed E-state index contributed by atoms with van der Waals surface area (Å²) in [6.45, 7) is 1.34. The SMILES string of the molecule is CC1(O)C=CC=C(O)C1C(=O)O. The summed E-state index contributed by atoms with van der Waals surface area (Å²) in [7, 11) is 0. The molecule has 2 unspecified atom stereocenters. The lowest BCUT2D eigenvalue weighted by atomic mass is 9.84. The van der Waals surface area contributed by atoms with Crippen LogP contribution in [-0.4, -0.2) is 26.9 Å². The predicted molar refractivity (Wildman–Crippen MR) is 41.6 cm³/mol. The van der Waals surface area contributed by atoms with Crippen LogP contribution in [0.15, 0.2) is 24.0 Å². The van der Waals surface area contributed by atoms with Gasteiger partial charge in [-0.1, -0.05) is 12.2 Å². The van der Waals surface area contributed by atoms with E-state index in [2.05, 4.69) is 0 Å². The minimum absolute atomic E-state index is 0.324. The van der Waals surface area contributed by atoms with Crippen molar-refractivity contribution in [2.75, 3.05) is 0 Å². The van der Waals surface area contributed by atoms with Gasteiger partial charge in [0.2, 0.25) is 0 Å². The topological polar surface area (TPSA) is 77.8 Å². The van der Waals surface area contributed by atoms with Gasteiger partial charge in [0.1, 0.15) is 17.3 Å². The molecule has 2 atom stereocenters. The van der Waals surface area contributed by atoms with Gasteiger partial charge in [0.15, 0.2) is 0 Å². The average Bonchev–Trinajstić information content (AvgIpc) is 1.82. The van der Waals surface area contributed by atoms with Gasteiger partial charge in [0, 0.05) is 0 Å². The van der Waals surface area contributed by atoms with E-state index in [1.165, 1.54) is 25.2 Å². The number of carboxylic acids is 1. The van der Waals surface area contributed by atoms with Crippen LogP contribution in [0.4, 0.5) is 0 Å². The van der Waals surface area contributed by atoms with Crippen molar-refractivity contribution < 1.29 is 20.1 Å². The van der Waals surface area contributed by atoms with Gasteiger partial charge in [-0.25, -0.2) is 0 Å². The molecule has 12 heavy (non-hydrogen) atoms. The van der Waals surface area contributed by atoms with Crippen molar-refractivity contribution in [3.05, 3.63) is 24.0 Å². The fourth-order valence-electron chi connectivity index (χ4n) is 1.21. The third kappa shape index (κ3) is 1.33. The lowest BCUT2D eigenvalue weighted by molar-refractivity contribution is -0.147. The number of allylic oxidation sites excluding steroid dienone is 2. The van der Waals surface area contributed by atoms with E-state index in [1.807, 2.05) is 0 Å². The van der Waals surface area contributed by atoms with Gasteiger partial charge in [0.25, 0.3) is 0 Å². The summed E-state index contributed by atoms with van der Waals surface area (Å²) >= 11 is 0. The maximum absolute atomic E-state index is 10.6. The number of aliphatic hydroxyl groups excluding tert-OH is 1. The highest BCUT2D eigenvalue weighted by atomic mass is 16.4. The number of carboxylic acid groups (broad SMARTS) is 1. The summed E-state index contributed by atoms with van der Waals surface area (Å²) in [5.41, 5.74) is -1.51. The standard InChI is InChI=1S/C8H10O4/c1-8(12)4-2-3-5(9)6(8)7(10)11/h2-4,6,9,12H,1H3,(H,10,11). The highest BCUT2D eigenvalue weighted by Gasteiger charge is 2.40. The number of rotatable bonds is 1. The van der Waals surface area contributed by atoms with Crippen molar-refractivity contribution in [2.24, 2.45) is 5.92 Å². The summed E-state index contributed by atoms with van der Waals surface area (Å²) in [6.07, 6.45) is 4.02. The Hall–Kier alpha value is -1.29. The molecule has 0 fully saturated rings. The molecule has 4 heteroatoms. The molecule has 0 aromatic rings. The molecule has 0 heterocycles. The second kappa shape index (κ2) is 2.64. The number of aliphatic carboxylic acids is 1. The zero-order valence-corrected chi connectivity index (χ0v) is 6.56. The first-order valence-electron chi connectivity index (χ1n) is 3.48. The molecule has 4 nitrogen and oxygen atoms in total. The molecule has 0 aromatic heterocycles. The van der Waals surface area contributed by atoms with E-state index in [4.69, 9.17) is 10.2 Å². The summed E-state index contributed by atoms with van der Waals surface area (Å²) in [5.74, 6) is -2.82. The highest BCUT2D eigenvalue weighted by molar-refractivity contribution is 5.75. The molecule has 1 rings (SSSR count). The van der Waals surface area contributed by atoms with Crippen molar-refractivity contribution >= 4 is 5.97 Å². The first-order chi connectivity index (χ1) is 5.45. The summed E-state index contributed by atoms with van der Waals surface area (Å²) in [6, 6.07) is 0. The molecule has 0 bridgehead atoms. The quantitative estimate of drug-likeness (QED) is 0.534. The van der Waals surface area contributed by atoms with Gasteiger partial charge < -0.3 is 15.3 Å². The van der Waals surface area contributed by atoms with Crippen LogP contribution < -0.4 is 0 Å². The van der Waals surface area contributed by atoms with Crippen LogP contribution >= 0.6 is 0 Å². The largest absolute Gasteiger partial charge is 0.511 e. The Bertz CT molecular complexity index is 262. The molecule has 3 N–H and O–H groups in total. The van der Waals surface area contributed by atoms with Gasteiger partial charge in [-0.15, -0.1) is 0 Å². The van der Waals surface area contributed by atoms with Gasteiger partial charge >= 0.3 is 5.97 Å². The van der Waals surface area contributed by atoms with E-state index in [9.17, 15) is 9.90 Å². The van der Waals surface area contributed by atoms with Crippen molar-refractivity contribution in [2.45, 2.75) is 12.5 Å². The molecule has 0 radical (unpaired) electrons. The Labute approximate surface area is 69.5 Å². The monoisotopic (exact) mass is 170 g/mol.